The number of amides is 1. The summed E-state index contributed by atoms with van der Waals surface area (Å²) in [6.45, 7) is 2.20. The molecule has 1 saturated heterocycles. The highest BCUT2D eigenvalue weighted by atomic mass is 19.4. The number of alkyl halides is 3. The van der Waals surface area contributed by atoms with Crippen molar-refractivity contribution < 1.29 is 18.0 Å². The first kappa shape index (κ1) is 14.2. The Morgan fingerprint density at radius 2 is 2.12 bits per heavy atom. The van der Waals surface area contributed by atoms with Crippen molar-refractivity contribution in [1.82, 2.24) is 10.2 Å². The van der Waals surface area contributed by atoms with Gasteiger partial charge in [-0.1, -0.05) is 6.92 Å². The number of hydrogen-bond donors (Lipinski definition) is 2. The van der Waals surface area contributed by atoms with Crippen LogP contribution in [0.15, 0.2) is 0 Å². The average molecular weight is 253 g/mol. The summed E-state index contributed by atoms with van der Waals surface area (Å²) in [6.07, 6.45) is -3.51. The molecule has 0 spiro atoms. The molecule has 1 rings (SSSR count). The lowest BCUT2D eigenvalue weighted by molar-refractivity contribution is -0.128. The zero-order chi connectivity index (χ0) is 13.1. The van der Waals surface area contributed by atoms with Gasteiger partial charge in [0.2, 0.25) is 5.91 Å². The number of likely N-dealkylation sites (tertiary alicyclic amines) is 1. The average Bonchev–Trinajstić information content (AvgIpc) is 2.11. The van der Waals surface area contributed by atoms with Crippen LogP contribution in [0, 0.1) is 5.92 Å². The molecule has 0 bridgehead atoms. The topological polar surface area (TPSA) is 58.4 Å². The fourth-order valence-electron chi connectivity index (χ4n) is 2.22. The minimum Gasteiger partial charge on any atom is -0.369 e. The third-order valence-corrected chi connectivity index (χ3v) is 2.71. The minimum absolute atomic E-state index is 0.106. The first-order valence-corrected chi connectivity index (χ1v) is 5.57. The fourth-order valence-corrected chi connectivity index (χ4v) is 2.22. The molecule has 2 unspecified atom stereocenters. The van der Waals surface area contributed by atoms with Crippen LogP contribution in [0.1, 0.15) is 13.3 Å². The van der Waals surface area contributed by atoms with Crippen molar-refractivity contribution >= 4 is 5.91 Å². The molecule has 3 N–H and O–H groups in total. The van der Waals surface area contributed by atoms with E-state index in [1.807, 2.05) is 6.92 Å². The summed E-state index contributed by atoms with van der Waals surface area (Å²) in [5.74, 6) is -0.192. The van der Waals surface area contributed by atoms with Crippen LogP contribution in [0.4, 0.5) is 13.2 Å². The van der Waals surface area contributed by atoms with Crippen molar-refractivity contribution in [3.63, 3.8) is 0 Å². The Morgan fingerprint density at radius 3 is 2.65 bits per heavy atom. The van der Waals surface area contributed by atoms with E-state index in [-0.39, 0.29) is 18.5 Å². The van der Waals surface area contributed by atoms with E-state index in [1.54, 1.807) is 4.90 Å². The van der Waals surface area contributed by atoms with E-state index in [2.05, 4.69) is 5.32 Å². The molecule has 17 heavy (non-hydrogen) atoms. The molecule has 7 heteroatoms. The van der Waals surface area contributed by atoms with E-state index in [0.717, 1.165) is 0 Å². The van der Waals surface area contributed by atoms with E-state index in [0.29, 0.717) is 19.5 Å². The van der Waals surface area contributed by atoms with Gasteiger partial charge in [-0.25, -0.2) is 0 Å². The van der Waals surface area contributed by atoms with Gasteiger partial charge in [0.05, 0.1) is 13.1 Å². The van der Waals surface area contributed by atoms with Crippen molar-refractivity contribution in [1.29, 1.82) is 0 Å². The van der Waals surface area contributed by atoms with Crippen molar-refractivity contribution in [2.24, 2.45) is 11.7 Å². The van der Waals surface area contributed by atoms with Crippen molar-refractivity contribution in [3.05, 3.63) is 0 Å². The molecule has 2 atom stereocenters. The number of nitrogens with two attached hydrogens (primary N) is 1. The second kappa shape index (κ2) is 5.68. The van der Waals surface area contributed by atoms with Crippen LogP contribution in [0.2, 0.25) is 0 Å². The van der Waals surface area contributed by atoms with Gasteiger partial charge in [-0.15, -0.1) is 0 Å². The van der Waals surface area contributed by atoms with Crippen molar-refractivity contribution in [3.8, 4) is 0 Å². The Balaban J connectivity index is 2.42. The first-order valence-electron chi connectivity index (χ1n) is 5.57. The molecule has 1 amide bonds. The maximum Gasteiger partial charge on any atom is 0.401 e. The summed E-state index contributed by atoms with van der Waals surface area (Å²) in [6, 6.07) is -0.236. The lowest BCUT2D eigenvalue weighted by atomic mass is 9.96. The Kier molecular flexibility index (Phi) is 4.76. The van der Waals surface area contributed by atoms with Crippen LogP contribution in [0.5, 0.6) is 0 Å². The van der Waals surface area contributed by atoms with Crippen molar-refractivity contribution in [2.45, 2.75) is 25.6 Å². The van der Waals surface area contributed by atoms with Crippen LogP contribution >= 0.6 is 0 Å². The lowest BCUT2D eigenvalue weighted by Gasteiger charge is -2.36. The summed E-state index contributed by atoms with van der Waals surface area (Å²) in [5.41, 5.74) is 5.08. The van der Waals surface area contributed by atoms with Crippen molar-refractivity contribution in [2.75, 3.05) is 26.2 Å². The maximum atomic E-state index is 12.1. The summed E-state index contributed by atoms with van der Waals surface area (Å²) in [4.78, 5) is 12.6. The summed E-state index contributed by atoms with van der Waals surface area (Å²) in [5, 5.41) is 2.48. The predicted octanol–water partition coefficient (Wildman–Crippen LogP) is 0.334. The molecule has 4 nitrogen and oxygen atoms in total. The summed E-state index contributed by atoms with van der Waals surface area (Å²) >= 11 is 0. The standard InChI is InChI=1S/C10H18F3N3O/c1-7-2-8(15-6-10(11,12)13)4-16(3-7)5-9(14)17/h7-8,15H,2-6H2,1H3,(H2,14,17). The van der Waals surface area contributed by atoms with Gasteiger partial charge in [-0.3, -0.25) is 9.69 Å². The number of nitrogens with zero attached hydrogens (tertiary/aromatic N) is 1. The summed E-state index contributed by atoms with van der Waals surface area (Å²) < 4.78 is 36.2. The van der Waals surface area contributed by atoms with E-state index < -0.39 is 18.6 Å². The second-order valence-corrected chi connectivity index (χ2v) is 4.69. The number of nitrogens with one attached hydrogen (secondary N) is 1. The predicted molar refractivity (Wildman–Crippen MR) is 57.3 cm³/mol. The van der Waals surface area contributed by atoms with Crippen LogP contribution in [-0.2, 0) is 4.79 Å². The number of rotatable bonds is 4. The lowest BCUT2D eigenvalue weighted by Crippen LogP contribution is -2.52. The summed E-state index contributed by atoms with van der Waals surface area (Å²) in [7, 11) is 0. The molecular formula is C10H18F3N3O. The molecule has 0 aromatic carbocycles. The Hall–Kier alpha value is -0.820. The molecule has 0 aromatic rings. The van der Waals surface area contributed by atoms with Gasteiger partial charge in [0.1, 0.15) is 0 Å². The molecule has 0 aliphatic carbocycles. The van der Waals surface area contributed by atoms with Gasteiger partial charge in [-0.2, -0.15) is 13.2 Å². The van der Waals surface area contributed by atoms with E-state index in [4.69, 9.17) is 5.73 Å². The van der Waals surface area contributed by atoms with Gasteiger partial charge in [0.15, 0.2) is 0 Å². The normalized spacial score (nSPS) is 27.1. The molecule has 1 heterocycles. The molecular weight excluding hydrogens is 235 g/mol. The maximum absolute atomic E-state index is 12.1. The quantitative estimate of drug-likeness (QED) is 0.759. The molecule has 0 saturated carbocycles. The Morgan fingerprint density at radius 1 is 1.47 bits per heavy atom. The molecule has 1 aliphatic rings. The number of carbonyl (C=O) groups excluding carboxylic acids is 1. The zero-order valence-electron chi connectivity index (χ0n) is 9.76. The first-order chi connectivity index (χ1) is 7.76. The second-order valence-electron chi connectivity index (χ2n) is 4.69. The third kappa shape index (κ3) is 5.88. The van der Waals surface area contributed by atoms with Gasteiger partial charge in [-0.05, 0) is 12.3 Å². The van der Waals surface area contributed by atoms with Gasteiger partial charge >= 0.3 is 6.18 Å². The highest BCUT2D eigenvalue weighted by Gasteiger charge is 2.31. The highest BCUT2D eigenvalue weighted by molar-refractivity contribution is 5.75. The van der Waals surface area contributed by atoms with Crippen LogP contribution in [-0.4, -0.2) is 49.2 Å². The molecule has 0 radical (unpaired) electrons. The smallest absolute Gasteiger partial charge is 0.369 e. The van der Waals surface area contributed by atoms with Crippen LogP contribution in [0.25, 0.3) is 0 Å². The number of hydrogen-bond acceptors (Lipinski definition) is 3. The van der Waals surface area contributed by atoms with Gasteiger partial charge < -0.3 is 11.1 Å². The number of carbonyl (C=O) groups is 1. The molecule has 0 aromatic heterocycles. The molecule has 1 fully saturated rings. The van der Waals surface area contributed by atoms with Crippen LogP contribution in [0.3, 0.4) is 0 Å². The van der Waals surface area contributed by atoms with E-state index >= 15 is 0 Å². The molecule has 1 aliphatic heterocycles. The highest BCUT2D eigenvalue weighted by Crippen LogP contribution is 2.18. The largest absolute Gasteiger partial charge is 0.401 e. The number of piperidine rings is 1. The number of halogens is 3. The van der Waals surface area contributed by atoms with Gasteiger partial charge in [0.25, 0.3) is 0 Å². The van der Waals surface area contributed by atoms with E-state index in [9.17, 15) is 18.0 Å². The Labute approximate surface area is 98.3 Å². The molecule has 100 valence electrons. The monoisotopic (exact) mass is 253 g/mol. The van der Waals surface area contributed by atoms with Gasteiger partial charge in [0, 0.05) is 19.1 Å². The number of primary amides is 1. The SMILES string of the molecule is CC1CC(NCC(F)(F)F)CN(CC(N)=O)C1. The van der Waals surface area contributed by atoms with Crippen LogP contribution < -0.4 is 11.1 Å². The zero-order valence-corrected chi connectivity index (χ0v) is 9.76. The Bertz CT molecular complexity index is 270. The fraction of sp³-hybridized carbons (Fsp3) is 0.900. The third-order valence-electron chi connectivity index (χ3n) is 2.71. The minimum atomic E-state index is -4.20. The van der Waals surface area contributed by atoms with E-state index in [1.165, 1.54) is 0 Å².